The van der Waals surface area contributed by atoms with Gasteiger partial charge in [0.25, 0.3) is 0 Å². The summed E-state index contributed by atoms with van der Waals surface area (Å²) in [4.78, 5) is 6.42. The van der Waals surface area contributed by atoms with Gasteiger partial charge in [0, 0.05) is 33.8 Å². The molecule has 4 heteroatoms. The Morgan fingerprint density at radius 2 is 2.17 bits per heavy atom. The molecule has 1 rings (SSSR count). The van der Waals surface area contributed by atoms with Crippen LogP contribution in [0.2, 0.25) is 0 Å². The third kappa shape index (κ3) is 6.84. The molecule has 0 radical (unpaired) electrons. The Bertz CT molecular complexity index is 249. The summed E-state index contributed by atoms with van der Waals surface area (Å²) in [6, 6.07) is 0. The highest BCUT2D eigenvalue weighted by Gasteiger charge is 2.21. The molecule has 0 aromatic heterocycles. The van der Waals surface area contributed by atoms with Gasteiger partial charge in [0.15, 0.2) is 5.96 Å². The third-order valence-electron chi connectivity index (χ3n) is 3.20. The lowest BCUT2D eigenvalue weighted by molar-refractivity contribution is 0.115. The van der Waals surface area contributed by atoms with E-state index in [0.29, 0.717) is 0 Å². The molecular formula is C14H29N3O. The van der Waals surface area contributed by atoms with Crippen molar-refractivity contribution in [2.75, 3.05) is 40.4 Å². The molecule has 18 heavy (non-hydrogen) atoms. The average molecular weight is 255 g/mol. The minimum Gasteiger partial charge on any atom is -0.379 e. The second kappa shape index (κ2) is 8.35. The molecule has 1 aliphatic rings. The minimum atomic E-state index is 0.725. The summed E-state index contributed by atoms with van der Waals surface area (Å²) in [5, 5.41) is 3.38. The van der Waals surface area contributed by atoms with Gasteiger partial charge in [-0.3, -0.25) is 4.99 Å². The Balaban J connectivity index is 2.09. The summed E-state index contributed by atoms with van der Waals surface area (Å²) < 4.78 is 5.64. The molecule has 0 aromatic carbocycles. The maximum atomic E-state index is 5.64. The quantitative estimate of drug-likeness (QED) is 0.409. The van der Waals surface area contributed by atoms with Crippen molar-refractivity contribution in [3.05, 3.63) is 0 Å². The summed E-state index contributed by atoms with van der Waals surface area (Å²) in [6.07, 6.45) is 3.88. The molecule has 106 valence electrons. The van der Waals surface area contributed by atoms with Crippen LogP contribution in [0.25, 0.3) is 0 Å². The Morgan fingerprint density at radius 1 is 1.44 bits per heavy atom. The lowest BCUT2D eigenvalue weighted by Crippen LogP contribution is -2.41. The first kappa shape index (κ1) is 15.3. The number of guanidine groups is 1. The van der Waals surface area contributed by atoms with E-state index in [9.17, 15) is 0 Å². The van der Waals surface area contributed by atoms with Gasteiger partial charge in [0.2, 0.25) is 0 Å². The van der Waals surface area contributed by atoms with Gasteiger partial charge in [-0.25, -0.2) is 0 Å². The molecule has 0 aromatic rings. The van der Waals surface area contributed by atoms with Gasteiger partial charge in [-0.1, -0.05) is 13.8 Å². The van der Waals surface area contributed by atoms with E-state index < -0.39 is 0 Å². The van der Waals surface area contributed by atoms with E-state index in [4.69, 9.17) is 4.74 Å². The predicted octanol–water partition coefficient (Wildman–Crippen LogP) is 1.97. The summed E-state index contributed by atoms with van der Waals surface area (Å²) in [5.74, 6) is 2.53. The van der Waals surface area contributed by atoms with Crippen molar-refractivity contribution in [3.63, 3.8) is 0 Å². The van der Waals surface area contributed by atoms with Crippen LogP contribution >= 0.6 is 0 Å². The largest absolute Gasteiger partial charge is 0.379 e. The van der Waals surface area contributed by atoms with Gasteiger partial charge in [-0.15, -0.1) is 0 Å². The molecule has 0 heterocycles. The van der Waals surface area contributed by atoms with E-state index in [2.05, 4.69) is 36.1 Å². The zero-order valence-electron chi connectivity index (χ0n) is 12.4. The van der Waals surface area contributed by atoms with E-state index in [0.717, 1.165) is 44.1 Å². The smallest absolute Gasteiger partial charge is 0.193 e. The SMILES string of the molecule is CN=C(NCCC(C)C)N(C)CCOCC1CC1. The van der Waals surface area contributed by atoms with E-state index in [1.54, 1.807) is 0 Å². The van der Waals surface area contributed by atoms with Gasteiger partial charge in [-0.05, 0) is 31.1 Å². The van der Waals surface area contributed by atoms with Crippen LogP contribution in [0.4, 0.5) is 0 Å². The molecular weight excluding hydrogens is 226 g/mol. The number of nitrogens with one attached hydrogen (secondary N) is 1. The van der Waals surface area contributed by atoms with Crippen LogP contribution in [-0.4, -0.2) is 51.3 Å². The van der Waals surface area contributed by atoms with Gasteiger partial charge in [-0.2, -0.15) is 0 Å². The fourth-order valence-electron chi connectivity index (χ4n) is 1.70. The van der Waals surface area contributed by atoms with Gasteiger partial charge >= 0.3 is 0 Å². The molecule has 1 fully saturated rings. The first-order valence-electron chi connectivity index (χ1n) is 7.13. The zero-order valence-corrected chi connectivity index (χ0v) is 12.4. The van der Waals surface area contributed by atoms with Crippen LogP contribution in [-0.2, 0) is 4.74 Å². The Morgan fingerprint density at radius 3 is 2.72 bits per heavy atom. The standard InChI is InChI=1S/C14H29N3O/c1-12(2)7-8-16-14(15-3)17(4)9-10-18-11-13-5-6-13/h12-13H,5-11H2,1-4H3,(H,15,16). The molecule has 1 N–H and O–H groups in total. The van der Waals surface area contributed by atoms with Crippen molar-refractivity contribution >= 4 is 5.96 Å². The van der Waals surface area contributed by atoms with Crippen LogP contribution in [0.1, 0.15) is 33.1 Å². The second-order valence-corrected chi connectivity index (χ2v) is 5.60. The molecule has 0 bridgehead atoms. The minimum absolute atomic E-state index is 0.725. The molecule has 1 aliphatic carbocycles. The molecule has 0 spiro atoms. The molecule has 4 nitrogen and oxygen atoms in total. The highest BCUT2D eigenvalue weighted by molar-refractivity contribution is 5.79. The topological polar surface area (TPSA) is 36.9 Å². The molecule has 0 unspecified atom stereocenters. The molecule has 1 saturated carbocycles. The summed E-state index contributed by atoms with van der Waals surface area (Å²) in [7, 11) is 3.89. The fourth-order valence-corrected chi connectivity index (χ4v) is 1.70. The van der Waals surface area contributed by atoms with Gasteiger partial charge < -0.3 is 15.0 Å². The molecule has 0 saturated heterocycles. The third-order valence-corrected chi connectivity index (χ3v) is 3.20. The van der Waals surface area contributed by atoms with E-state index in [1.807, 2.05) is 7.05 Å². The van der Waals surface area contributed by atoms with Crippen molar-refractivity contribution in [3.8, 4) is 0 Å². The lowest BCUT2D eigenvalue weighted by Gasteiger charge is -2.22. The highest BCUT2D eigenvalue weighted by atomic mass is 16.5. The Kier molecular flexibility index (Phi) is 7.09. The normalized spacial score (nSPS) is 16.2. The highest BCUT2D eigenvalue weighted by Crippen LogP contribution is 2.28. The van der Waals surface area contributed by atoms with Crippen molar-refractivity contribution in [2.45, 2.75) is 33.1 Å². The summed E-state index contributed by atoms with van der Waals surface area (Å²) in [6.45, 7) is 8.08. The number of hydrogen-bond acceptors (Lipinski definition) is 2. The van der Waals surface area contributed by atoms with Crippen molar-refractivity contribution in [1.82, 2.24) is 10.2 Å². The van der Waals surface area contributed by atoms with Gasteiger partial charge in [0.05, 0.1) is 6.61 Å². The average Bonchev–Trinajstić information content (AvgIpc) is 3.13. The monoisotopic (exact) mass is 255 g/mol. The number of nitrogens with zero attached hydrogens (tertiary/aromatic N) is 2. The second-order valence-electron chi connectivity index (χ2n) is 5.60. The lowest BCUT2D eigenvalue weighted by atomic mass is 10.1. The van der Waals surface area contributed by atoms with Gasteiger partial charge in [0.1, 0.15) is 0 Å². The summed E-state index contributed by atoms with van der Waals surface area (Å²) in [5.41, 5.74) is 0. The fraction of sp³-hybridized carbons (Fsp3) is 0.929. The molecule has 0 atom stereocenters. The van der Waals surface area contributed by atoms with Crippen molar-refractivity contribution in [2.24, 2.45) is 16.8 Å². The van der Waals surface area contributed by atoms with Crippen LogP contribution in [0, 0.1) is 11.8 Å². The van der Waals surface area contributed by atoms with E-state index in [-0.39, 0.29) is 0 Å². The van der Waals surface area contributed by atoms with Crippen molar-refractivity contribution < 1.29 is 4.74 Å². The maximum Gasteiger partial charge on any atom is 0.193 e. The number of hydrogen-bond donors (Lipinski definition) is 1. The van der Waals surface area contributed by atoms with Crippen LogP contribution in [0.5, 0.6) is 0 Å². The molecule has 0 aliphatic heterocycles. The predicted molar refractivity (Wildman–Crippen MR) is 77.0 cm³/mol. The number of likely N-dealkylation sites (N-methyl/N-ethyl adjacent to an activating group) is 1. The Labute approximate surface area is 112 Å². The number of ether oxygens (including phenoxy) is 1. The number of rotatable bonds is 8. The Hall–Kier alpha value is -0.770. The van der Waals surface area contributed by atoms with Crippen molar-refractivity contribution in [1.29, 1.82) is 0 Å². The van der Waals surface area contributed by atoms with E-state index in [1.165, 1.54) is 19.3 Å². The zero-order chi connectivity index (χ0) is 13.4. The number of aliphatic imine (C=N–C) groups is 1. The van der Waals surface area contributed by atoms with Crippen LogP contribution < -0.4 is 5.32 Å². The van der Waals surface area contributed by atoms with Crippen LogP contribution in [0.3, 0.4) is 0 Å². The summed E-state index contributed by atoms with van der Waals surface area (Å²) >= 11 is 0. The molecule has 0 amide bonds. The van der Waals surface area contributed by atoms with Crippen LogP contribution in [0.15, 0.2) is 4.99 Å². The maximum absolute atomic E-state index is 5.64. The first-order valence-corrected chi connectivity index (χ1v) is 7.13. The first-order chi connectivity index (χ1) is 8.63. The van der Waals surface area contributed by atoms with E-state index >= 15 is 0 Å².